The monoisotopic (exact) mass is 560 g/mol. The van der Waals surface area contributed by atoms with E-state index >= 15 is 0 Å². The summed E-state index contributed by atoms with van der Waals surface area (Å²) < 4.78 is 10.3. The first-order chi connectivity index (χ1) is 18.9. The van der Waals surface area contributed by atoms with Gasteiger partial charge in [0.15, 0.2) is 0 Å². The van der Waals surface area contributed by atoms with Gasteiger partial charge in [-0.05, 0) is 69.2 Å². The summed E-state index contributed by atoms with van der Waals surface area (Å²) in [6.45, 7) is 11.3. The first kappa shape index (κ1) is 30.8. The molecule has 0 bridgehead atoms. The van der Waals surface area contributed by atoms with E-state index in [1.54, 1.807) is 11.8 Å². The van der Waals surface area contributed by atoms with E-state index in [4.69, 9.17) is 9.47 Å². The van der Waals surface area contributed by atoms with Gasteiger partial charge in [-0.25, -0.2) is 9.59 Å². The van der Waals surface area contributed by atoms with Crippen LogP contribution in [-0.2, 0) is 14.2 Å². The van der Waals surface area contributed by atoms with Crippen LogP contribution >= 0.6 is 11.8 Å². The zero-order valence-corrected chi connectivity index (χ0v) is 25.0. The van der Waals surface area contributed by atoms with E-state index in [1.807, 2.05) is 102 Å². The summed E-state index contributed by atoms with van der Waals surface area (Å²) in [6, 6.07) is 31.0. The fraction of sp³-hybridized carbons (Fsp3) is 0.333. The number of amides is 2. The lowest BCUT2D eigenvalue weighted by Crippen LogP contribution is -2.37. The van der Waals surface area contributed by atoms with Gasteiger partial charge in [0.1, 0.15) is 11.2 Å². The van der Waals surface area contributed by atoms with Crippen LogP contribution in [0.25, 0.3) is 0 Å². The summed E-state index contributed by atoms with van der Waals surface area (Å²) in [5.74, 6) is 0. The lowest BCUT2D eigenvalue weighted by atomic mass is 9.84. The Bertz CT molecular complexity index is 1130. The van der Waals surface area contributed by atoms with Gasteiger partial charge in [0.2, 0.25) is 0 Å². The van der Waals surface area contributed by atoms with Crippen molar-refractivity contribution < 1.29 is 19.1 Å². The van der Waals surface area contributed by atoms with Gasteiger partial charge in [-0.15, -0.1) is 11.8 Å². The van der Waals surface area contributed by atoms with E-state index < -0.39 is 28.1 Å². The Morgan fingerprint density at radius 1 is 0.625 bits per heavy atom. The van der Waals surface area contributed by atoms with Crippen LogP contribution in [0, 0.1) is 0 Å². The highest BCUT2D eigenvalue weighted by Gasteiger charge is 2.36. The number of alkyl carbamates (subject to hydrolysis) is 2. The summed E-state index contributed by atoms with van der Waals surface area (Å²) >= 11 is 1.62. The molecule has 0 saturated carbocycles. The van der Waals surface area contributed by atoms with Crippen molar-refractivity contribution in [1.29, 1.82) is 0 Å². The van der Waals surface area contributed by atoms with Gasteiger partial charge in [0.25, 0.3) is 0 Å². The van der Waals surface area contributed by atoms with Gasteiger partial charge in [-0.3, -0.25) is 0 Å². The molecule has 212 valence electrons. The molecule has 0 unspecified atom stereocenters. The number of rotatable bonds is 9. The van der Waals surface area contributed by atoms with E-state index in [9.17, 15) is 9.59 Å². The highest BCUT2D eigenvalue weighted by molar-refractivity contribution is 8.03. The molecule has 40 heavy (non-hydrogen) atoms. The number of hydrogen-bond acceptors (Lipinski definition) is 5. The molecule has 0 saturated heterocycles. The van der Waals surface area contributed by atoms with Crippen LogP contribution in [0.5, 0.6) is 0 Å². The second-order valence-corrected chi connectivity index (χ2v) is 12.5. The minimum atomic E-state index is -0.624. The molecule has 3 aromatic carbocycles. The number of carbonyl (C=O) groups excluding carboxylic acids is 2. The quantitative estimate of drug-likeness (QED) is 0.263. The summed E-state index contributed by atoms with van der Waals surface area (Å²) in [7, 11) is 0. The molecule has 0 aliphatic carbocycles. The Kier molecular flexibility index (Phi) is 10.5. The largest absolute Gasteiger partial charge is 0.444 e. The van der Waals surface area contributed by atoms with Gasteiger partial charge >= 0.3 is 12.2 Å². The zero-order valence-electron chi connectivity index (χ0n) is 24.2. The topological polar surface area (TPSA) is 76.7 Å². The summed E-state index contributed by atoms with van der Waals surface area (Å²) in [5, 5.41) is 7.68. The first-order valence-electron chi connectivity index (χ1n) is 13.3. The maximum atomic E-state index is 12.5. The average molecular weight is 561 g/mol. The van der Waals surface area contributed by atoms with Crippen molar-refractivity contribution in [2.75, 3.05) is 13.1 Å². The minimum absolute atomic E-state index is 0.187. The maximum Gasteiger partial charge on any atom is 0.407 e. The van der Waals surface area contributed by atoms with Crippen LogP contribution in [0.2, 0.25) is 0 Å². The van der Waals surface area contributed by atoms with Crippen LogP contribution < -0.4 is 10.6 Å². The number of hydrogen-bond donors (Lipinski definition) is 2. The van der Waals surface area contributed by atoms with Crippen molar-refractivity contribution in [3.8, 4) is 0 Å². The molecular formula is C33H40N2O4S. The normalized spacial score (nSPS) is 11.8. The number of carbonyl (C=O) groups is 2. The highest BCUT2D eigenvalue weighted by Crippen LogP contribution is 2.49. The molecule has 0 aliphatic heterocycles. The molecule has 0 spiro atoms. The van der Waals surface area contributed by atoms with Crippen LogP contribution in [0.3, 0.4) is 0 Å². The molecule has 0 aromatic heterocycles. The van der Waals surface area contributed by atoms with E-state index in [1.165, 1.54) is 0 Å². The van der Waals surface area contributed by atoms with Crippen molar-refractivity contribution in [2.24, 2.45) is 0 Å². The van der Waals surface area contributed by atoms with Gasteiger partial charge < -0.3 is 20.1 Å². The van der Waals surface area contributed by atoms with Gasteiger partial charge in [0.05, 0.1) is 4.75 Å². The Balaban J connectivity index is 2.02. The highest BCUT2D eigenvalue weighted by atomic mass is 32.2. The summed E-state index contributed by atoms with van der Waals surface area (Å²) in [4.78, 5) is 25.0. The smallest absolute Gasteiger partial charge is 0.407 e. The Labute approximate surface area is 242 Å². The second kappa shape index (κ2) is 13.6. The molecule has 2 N–H and O–H groups in total. The molecule has 0 fully saturated rings. The number of ether oxygens (including phenoxy) is 2. The molecule has 0 heterocycles. The molecule has 0 radical (unpaired) electrons. The second-order valence-electron chi connectivity index (χ2n) is 11.4. The molecule has 0 atom stereocenters. The van der Waals surface area contributed by atoms with E-state index in [0.29, 0.717) is 0 Å². The van der Waals surface area contributed by atoms with E-state index in [-0.39, 0.29) is 13.1 Å². The van der Waals surface area contributed by atoms with Gasteiger partial charge in [0, 0.05) is 13.1 Å². The van der Waals surface area contributed by atoms with Crippen molar-refractivity contribution >= 4 is 23.9 Å². The third-order valence-corrected chi connectivity index (χ3v) is 7.17. The fourth-order valence-corrected chi connectivity index (χ4v) is 5.37. The lowest BCUT2D eigenvalue weighted by Gasteiger charge is -2.34. The van der Waals surface area contributed by atoms with Crippen LogP contribution in [0.4, 0.5) is 9.59 Å². The third kappa shape index (κ3) is 9.19. The molecule has 3 aromatic rings. The predicted octanol–water partition coefficient (Wildman–Crippen LogP) is 7.65. The number of nitrogens with one attached hydrogen (secondary N) is 2. The van der Waals surface area contributed by atoms with E-state index in [2.05, 4.69) is 47.0 Å². The van der Waals surface area contributed by atoms with Crippen LogP contribution in [-0.4, -0.2) is 36.5 Å². The lowest BCUT2D eigenvalue weighted by molar-refractivity contribution is 0.0530. The van der Waals surface area contributed by atoms with Crippen molar-refractivity contribution in [3.63, 3.8) is 0 Å². The Morgan fingerprint density at radius 2 is 0.950 bits per heavy atom. The van der Waals surface area contributed by atoms with Crippen LogP contribution in [0.15, 0.2) is 102 Å². The van der Waals surface area contributed by atoms with Gasteiger partial charge in [-0.2, -0.15) is 0 Å². The standard InChI is InChI=1S/C33H40N2O4S/c1-31(2,3)38-29(36)34-22-25(23-35-30(37)39-32(4,5)6)24-40-33(26-16-10-7-11-17-26,27-18-12-8-13-19-27)28-20-14-9-15-21-28/h7-21,24H,22-23H2,1-6H3,(H,34,36)(H,35,37). The number of benzene rings is 3. The molecule has 2 amide bonds. The SMILES string of the molecule is CC(C)(C)OC(=O)NCC(=CSC(c1ccccc1)(c1ccccc1)c1ccccc1)CNC(=O)OC(C)(C)C. The van der Waals surface area contributed by atoms with Crippen LogP contribution in [0.1, 0.15) is 58.2 Å². The minimum Gasteiger partial charge on any atom is -0.444 e. The maximum absolute atomic E-state index is 12.5. The van der Waals surface area contributed by atoms with E-state index in [0.717, 1.165) is 22.3 Å². The molecule has 0 aliphatic rings. The molecular weight excluding hydrogens is 520 g/mol. The Hall–Kier alpha value is -3.71. The fourth-order valence-electron chi connectivity index (χ4n) is 4.04. The van der Waals surface area contributed by atoms with Gasteiger partial charge in [-0.1, -0.05) is 91.0 Å². The Morgan fingerprint density at radius 3 is 1.25 bits per heavy atom. The first-order valence-corrected chi connectivity index (χ1v) is 14.2. The molecule has 6 nitrogen and oxygen atoms in total. The zero-order chi connectivity index (χ0) is 29.2. The van der Waals surface area contributed by atoms with Crippen molar-refractivity contribution in [2.45, 2.75) is 57.5 Å². The third-order valence-electron chi connectivity index (χ3n) is 5.66. The molecule has 7 heteroatoms. The predicted molar refractivity (Wildman–Crippen MR) is 163 cm³/mol. The van der Waals surface area contributed by atoms with Crippen molar-refractivity contribution in [3.05, 3.63) is 119 Å². The molecule has 3 rings (SSSR count). The summed E-state index contributed by atoms with van der Waals surface area (Å²) in [5.41, 5.74) is 2.85. The summed E-state index contributed by atoms with van der Waals surface area (Å²) in [6.07, 6.45) is -1.05. The number of thioether (sulfide) groups is 1. The van der Waals surface area contributed by atoms with Crippen molar-refractivity contribution in [1.82, 2.24) is 10.6 Å². The average Bonchev–Trinajstić information content (AvgIpc) is 2.90.